The van der Waals surface area contributed by atoms with Gasteiger partial charge in [0, 0.05) is 18.0 Å². The number of aromatic nitrogens is 2. The Kier molecular flexibility index (Phi) is 5.60. The molecule has 5 rings (SSSR count). The maximum atomic E-state index is 12.9. The third-order valence-electron chi connectivity index (χ3n) is 5.55. The molecule has 1 unspecified atom stereocenters. The number of ether oxygens (including phenoxy) is 3. The summed E-state index contributed by atoms with van der Waals surface area (Å²) in [5.41, 5.74) is 4.34. The van der Waals surface area contributed by atoms with Gasteiger partial charge in [0.05, 0.1) is 11.7 Å². The van der Waals surface area contributed by atoms with Crippen LogP contribution in [0.5, 0.6) is 17.2 Å². The number of carbonyl (C=O) groups is 1. The zero-order valence-electron chi connectivity index (χ0n) is 18.6. The number of imidazole rings is 1. The first-order valence-corrected chi connectivity index (χ1v) is 10.9. The van der Waals surface area contributed by atoms with Crippen molar-refractivity contribution < 1.29 is 19.0 Å². The first kappa shape index (κ1) is 20.9. The minimum absolute atomic E-state index is 0.175. The van der Waals surface area contributed by atoms with Crippen molar-refractivity contribution in [2.75, 3.05) is 13.2 Å². The Hall–Kier alpha value is -4.00. The monoisotopic (exact) mass is 443 g/mol. The summed E-state index contributed by atoms with van der Waals surface area (Å²) in [5.74, 6) is 1.88. The molecular formula is C26H25N3O4. The fourth-order valence-electron chi connectivity index (χ4n) is 3.80. The maximum absolute atomic E-state index is 12.9. The minimum atomic E-state index is -0.195. The average Bonchev–Trinajstić information content (AvgIpc) is 3.24. The number of nitrogens with one attached hydrogen (secondary N) is 1. The Labute approximate surface area is 191 Å². The standard InChI is InChI=1S/C26H25N3O4/c1-17-6-9-25-28-21(15-29(25)14-17)16-33-22-5-3-4-20(12-22)26(30)27-18(2)19-7-8-23-24(13-19)32-11-10-31-23/h3-9,12-15,18H,10-11,16H2,1-2H3,(H,27,30). The van der Waals surface area contributed by atoms with Crippen molar-refractivity contribution in [3.63, 3.8) is 0 Å². The molecule has 168 valence electrons. The van der Waals surface area contributed by atoms with Crippen molar-refractivity contribution in [3.8, 4) is 17.2 Å². The molecule has 3 heterocycles. The van der Waals surface area contributed by atoms with Gasteiger partial charge in [0.1, 0.15) is 31.2 Å². The maximum Gasteiger partial charge on any atom is 0.251 e. The first-order valence-electron chi connectivity index (χ1n) is 10.9. The topological polar surface area (TPSA) is 74.1 Å². The van der Waals surface area contributed by atoms with Crippen molar-refractivity contribution in [1.82, 2.24) is 14.7 Å². The Morgan fingerprint density at radius 1 is 1.09 bits per heavy atom. The van der Waals surface area contributed by atoms with Gasteiger partial charge in [-0.2, -0.15) is 0 Å². The Bertz CT molecular complexity index is 1310. The highest BCUT2D eigenvalue weighted by atomic mass is 16.6. The van der Waals surface area contributed by atoms with Gasteiger partial charge >= 0.3 is 0 Å². The van der Waals surface area contributed by atoms with E-state index in [1.807, 2.05) is 73.1 Å². The van der Waals surface area contributed by atoms with Crippen LogP contribution in [0.3, 0.4) is 0 Å². The lowest BCUT2D eigenvalue weighted by atomic mass is 10.1. The lowest BCUT2D eigenvalue weighted by molar-refractivity contribution is 0.0939. The Balaban J connectivity index is 1.23. The molecule has 2 aromatic carbocycles. The van der Waals surface area contributed by atoms with Crippen LogP contribution < -0.4 is 19.5 Å². The quantitative estimate of drug-likeness (QED) is 0.476. The van der Waals surface area contributed by atoms with Gasteiger partial charge in [0.2, 0.25) is 0 Å². The van der Waals surface area contributed by atoms with Gasteiger partial charge in [-0.05, 0) is 61.4 Å². The highest BCUT2D eigenvalue weighted by Crippen LogP contribution is 2.32. The van der Waals surface area contributed by atoms with Crippen LogP contribution in [0.25, 0.3) is 5.65 Å². The number of nitrogens with zero attached hydrogens (tertiary/aromatic N) is 2. The SMILES string of the molecule is Cc1ccc2nc(COc3cccc(C(=O)NC(C)c4ccc5c(c4)OCCO5)c3)cn2c1. The van der Waals surface area contributed by atoms with Crippen LogP contribution >= 0.6 is 0 Å². The van der Waals surface area contributed by atoms with E-state index in [0.29, 0.717) is 36.9 Å². The molecule has 7 nitrogen and oxygen atoms in total. The van der Waals surface area contributed by atoms with Gasteiger partial charge < -0.3 is 23.9 Å². The molecule has 0 bridgehead atoms. The fourth-order valence-corrected chi connectivity index (χ4v) is 3.80. The van der Waals surface area contributed by atoms with Crippen LogP contribution in [0.4, 0.5) is 0 Å². The highest BCUT2D eigenvalue weighted by Gasteiger charge is 2.17. The van der Waals surface area contributed by atoms with Crippen molar-refractivity contribution in [1.29, 1.82) is 0 Å². The van der Waals surface area contributed by atoms with Crippen LogP contribution in [0.1, 0.15) is 40.1 Å². The summed E-state index contributed by atoms with van der Waals surface area (Å²) in [7, 11) is 0. The normalized spacial score (nSPS) is 13.5. The van der Waals surface area contributed by atoms with Gasteiger partial charge in [-0.3, -0.25) is 4.79 Å². The summed E-state index contributed by atoms with van der Waals surface area (Å²) in [6.45, 7) is 5.38. The van der Waals surface area contributed by atoms with E-state index in [9.17, 15) is 4.79 Å². The molecule has 1 aliphatic rings. The Morgan fingerprint density at radius 2 is 1.94 bits per heavy atom. The van der Waals surface area contributed by atoms with E-state index in [4.69, 9.17) is 14.2 Å². The van der Waals surface area contributed by atoms with Crippen LogP contribution in [0.15, 0.2) is 67.0 Å². The van der Waals surface area contributed by atoms with E-state index in [2.05, 4.69) is 10.3 Å². The van der Waals surface area contributed by atoms with E-state index in [-0.39, 0.29) is 11.9 Å². The molecule has 7 heteroatoms. The summed E-state index contributed by atoms with van der Waals surface area (Å²) < 4.78 is 19.1. The average molecular weight is 444 g/mol. The lowest BCUT2D eigenvalue weighted by Gasteiger charge is -2.21. The summed E-state index contributed by atoms with van der Waals surface area (Å²) >= 11 is 0. The zero-order chi connectivity index (χ0) is 22.8. The molecule has 1 N–H and O–H groups in total. The number of rotatable bonds is 6. The number of aryl methyl sites for hydroxylation is 1. The van der Waals surface area contributed by atoms with E-state index in [0.717, 1.165) is 28.2 Å². The Morgan fingerprint density at radius 3 is 2.82 bits per heavy atom. The summed E-state index contributed by atoms with van der Waals surface area (Å²) in [4.78, 5) is 17.4. The van der Waals surface area contributed by atoms with Gasteiger partial charge in [0.25, 0.3) is 5.91 Å². The number of pyridine rings is 1. The number of amides is 1. The first-order chi connectivity index (χ1) is 16.0. The molecule has 1 atom stereocenters. The molecule has 0 spiro atoms. The van der Waals surface area contributed by atoms with Crippen LogP contribution in [0.2, 0.25) is 0 Å². The predicted molar refractivity (Wildman–Crippen MR) is 124 cm³/mol. The molecule has 2 aromatic heterocycles. The largest absolute Gasteiger partial charge is 0.487 e. The molecule has 0 fully saturated rings. The second kappa shape index (κ2) is 8.86. The third-order valence-corrected chi connectivity index (χ3v) is 5.55. The van der Waals surface area contributed by atoms with E-state index >= 15 is 0 Å². The molecule has 0 saturated carbocycles. The lowest BCUT2D eigenvalue weighted by Crippen LogP contribution is -2.26. The van der Waals surface area contributed by atoms with Gasteiger partial charge in [-0.1, -0.05) is 18.2 Å². The van der Waals surface area contributed by atoms with Crippen molar-refractivity contribution >= 4 is 11.6 Å². The molecule has 4 aromatic rings. The van der Waals surface area contributed by atoms with Gasteiger partial charge in [0.15, 0.2) is 11.5 Å². The number of benzene rings is 2. The highest BCUT2D eigenvalue weighted by molar-refractivity contribution is 5.94. The number of hydrogen-bond acceptors (Lipinski definition) is 5. The fraction of sp³-hybridized carbons (Fsp3) is 0.231. The molecule has 0 radical (unpaired) electrons. The summed E-state index contributed by atoms with van der Waals surface area (Å²) in [5, 5.41) is 3.04. The van der Waals surface area contributed by atoms with Crippen molar-refractivity contribution in [3.05, 3.63) is 89.4 Å². The van der Waals surface area contributed by atoms with E-state index in [1.165, 1.54) is 0 Å². The second-order valence-corrected chi connectivity index (χ2v) is 8.12. The summed E-state index contributed by atoms with van der Waals surface area (Å²) in [6, 6.07) is 16.7. The molecule has 1 amide bonds. The van der Waals surface area contributed by atoms with Crippen LogP contribution in [-0.2, 0) is 6.61 Å². The zero-order valence-corrected chi connectivity index (χ0v) is 18.6. The van der Waals surface area contributed by atoms with Gasteiger partial charge in [-0.25, -0.2) is 4.98 Å². The smallest absolute Gasteiger partial charge is 0.251 e. The van der Waals surface area contributed by atoms with E-state index in [1.54, 1.807) is 12.1 Å². The van der Waals surface area contributed by atoms with Crippen molar-refractivity contribution in [2.45, 2.75) is 26.5 Å². The van der Waals surface area contributed by atoms with Crippen LogP contribution in [0, 0.1) is 6.92 Å². The molecular weight excluding hydrogens is 418 g/mol. The minimum Gasteiger partial charge on any atom is -0.487 e. The van der Waals surface area contributed by atoms with Crippen molar-refractivity contribution in [2.24, 2.45) is 0 Å². The number of hydrogen-bond donors (Lipinski definition) is 1. The predicted octanol–water partition coefficient (Wildman–Crippen LogP) is 4.48. The molecule has 1 aliphatic heterocycles. The number of fused-ring (bicyclic) bond motifs is 2. The molecule has 33 heavy (non-hydrogen) atoms. The molecule has 0 aliphatic carbocycles. The molecule has 0 saturated heterocycles. The second-order valence-electron chi connectivity index (χ2n) is 8.12. The third kappa shape index (κ3) is 4.62. The van der Waals surface area contributed by atoms with Gasteiger partial charge in [-0.15, -0.1) is 0 Å². The summed E-state index contributed by atoms with van der Waals surface area (Å²) in [6.07, 6.45) is 3.98. The van der Waals surface area contributed by atoms with E-state index < -0.39 is 0 Å². The number of carbonyl (C=O) groups excluding carboxylic acids is 1. The van der Waals surface area contributed by atoms with Crippen LogP contribution in [-0.4, -0.2) is 28.5 Å².